The van der Waals surface area contributed by atoms with E-state index in [9.17, 15) is 10.1 Å². The number of carbonyl (C=O) groups is 1. The lowest BCUT2D eigenvalue weighted by atomic mass is 9.97. The summed E-state index contributed by atoms with van der Waals surface area (Å²) in [5.74, 6) is 1.16. The van der Waals surface area contributed by atoms with Crippen LogP contribution in [0.5, 0.6) is 11.5 Å². The van der Waals surface area contributed by atoms with Crippen molar-refractivity contribution >= 4 is 28.3 Å². The second kappa shape index (κ2) is 7.85. The molecule has 0 radical (unpaired) electrons. The van der Waals surface area contributed by atoms with Crippen LogP contribution >= 0.6 is 11.3 Å². The van der Waals surface area contributed by atoms with E-state index in [0.717, 1.165) is 36.8 Å². The highest BCUT2D eigenvalue weighted by Crippen LogP contribution is 2.36. The Labute approximate surface area is 162 Å². The van der Waals surface area contributed by atoms with Crippen LogP contribution in [0.15, 0.2) is 24.3 Å². The SMILES string of the molecule is N#Cc1c(NC(=O)/C=C/c2ccc3c(c2)OCO3)sc2c1CCCCCC2. The second-order valence-electron chi connectivity index (χ2n) is 6.67. The molecule has 4 rings (SSSR count). The number of thiophene rings is 1. The number of hydrogen-bond donors (Lipinski definition) is 1. The third-order valence-electron chi connectivity index (χ3n) is 4.84. The first kappa shape index (κ1) is 17.6. The summed E-state index contributed by atoms with van der Waals surface area (Å²) in [4.78, 5) is 13.6. The number of benzene rings is 1. The Balaban J connectivity index is 1.49. The zero-order valence-electron chi connectivity index (χ0n) is 14.9. The molecule has 0 saturated carbocycles. The fourth-order valence-corrected chi connectivity index (χ4v) is 4.71. The van der Waals surface area contributed by atoms with E-state index in [1.807, 2.05) is 18.2 Å². The highest BCUT2D eigenvalue weighted by Gasteiger charge is 2.20. The summed E-state index contributed by atoms with van der Waals surface area (Å²) >= 11 is 1.55. The minimum absolute atomic E-state index is 0.225. The van der Waals surface area contributed by atoms with Crippen molar-refractivity contribution in [2.24, 2.45) is 0 Å². The molecule has 5 nitrogen and oxygen atoms in total. The zero-order valence-corrected chi connectivity index (χ0v) is 15.7. The van der Waals surface area contributed by atoms with Gasteiger partial charge in [-0.15, -0.1) is 11.3 Å². The molecule has 0 unspecified atom stereocenters. The molecule has 1 N–H and O–H groups in total. The summed E-state index contributed by atoms with van der Waals surface area (Å²) in [5, 5.41) is 13.2. The Morgan fingerprint density at radius 2 is 1.96 bits per heavy atom. The molecule has 0 bridgehead atoms. The van der Waals surface area contributed by atoms with Crippen molar-refractivity contribution < 1.29 is 14.3 Å². The average molecular weight is 380 g/mol. The van der Waals surface area contributed by atoms with Gasteiger partial charge in [-0.2, -0.15) is 5.26 Å². The fraction of sp³-hybridized carbons (Fsp3) is 0.333. The predicted molar refractivity (Wildman–Crippen MR) is 105 cm³/mol. The van der Waals surface area contributed by atoms with E-state index in [2.05, 4.69) is 11.4 Å². The van der Waals surface area contributed by atoms with E-state index in [0.29, 0.717) is 22.1 Å². The number of anilines is 1. The number of amides is 1. The van der Waals surface area contributed by atoms with Gasteiger partial charge in [-0.1, -0.05) is 18.9 Å². The van der Waals surface area contributed by atoms with Crippen molar-refractivity contribution in [1.82, 2.24) is 0 Å². The van der Waals surface area contributed by atoms with Crippen LogP contribution in [0, 0.1) is 11.3 Å². The van der Waals surface area contributed by atoms with Crippen molar-refractivity contribution in [2.45, 2.75) is 38.5 Å². The number of aryl methyl sites for hydroxylation is 1. The van der Waals surface area contributed by atoms with Crippen LogP contribution < -0.4 is 14.8 Å². The van der Waals surface area contributed by atoms with E-state index in [4.69, 9.17) is 9.47 Å². The maximum Gasteiger partial charge on any atom is 0.249 e. The normalized spacial score (nSPS) is 15.7. The molecule has 2 aliphatic rings. The Morgan fingerprint density at radius 1 is 1.15 bits per heavy atom. The Kier molecular flexibility index (Phi) is 5.12. The molecule has 1 aliphatic heterocycles. The Hall–Kier alpha value is -2.78. The van der Waals surface area contributed by atoms with E-state index >= 15 is 0 Å². The van der Waals surface area contributed by atoms with Gasteiger partial charge in [-0.05, 0) is 55.0 Å². The third-order valence-corrected chi connectivity index (χ3v) is 6.05. The number of nitrogens with zero attached hydrogens (tertiary/aromatic N) is 1. The molecule has 0 atom stereocenters. The summed E-state index contributed by atoms with van der Waals surface area (Å²) in [6.07, 6.45) is 9.84. The monoisotopic (exact) mass is 380 g/mol. The van der Waals surface area contributed by atoms with E-state index < -0.39 is 0 Å². The number of fused-ring (bicyclic) bond motifs is 2. The molecule has 1 amide bonds. The first-order valence-corrected chi connectivity index (χ1v) is 9.99. The number of rotatable bonds is 3. The first-order valence-electron chi connectivity index (χ1n) is 9.18. The molecule has 138 valence electrons. The van der Waals surface area contributed by atoms with Crippen LogP contribution in [0.1, 0.15) is 47.3 Å². The lowest BCUT2D eigenvalue weighted by Crippen LogP contribution is -2.07. The molecular weight excluding hydrogens is 360 g/mol. The van der Waals surface area contributed by atoms with Crippen LogP contribution in [0.25, 0.3) is 6.08 Å². The minimum Gasteiger partial charge on any atom is -0.454 e. The summed E-state index contributed by atoms with van der Waals surface area (Å²) in [6.45, 7) is 0.225. The van der Waals surface area contributed by atoms with Gasteiger partial charge in [0.05, 0.1) is 5.56 Å². The van der Waals surface area contributed by atoms with Gasteiger partial charge in [-0.25, -0.2) is 0 Å². The molecule has 0 fully saturated rings. The number of hydrogen-bond acceptors (Lipinski definition) is 5. The third kappa shape index (κ3) is 3.83. The lowest BCUT2D eigenvalue weighted by molar-refractivity contribution is -0.111. The lowest BCUT2D eigenvalue weighted by Gasteiger charge is -2.08. The minimum atomic E-state index is -0.238. The summed E-state index contributed by atoms with van der Waals surface area (Å²) in [6, 6.07) is 7.83. The molecule has 6 heteroatoms. The number of nitriles is 1. The summed E-state index contributed by atoms with van der Waals surface area (Å²) in [5.41, 5.74) is 2.63. The molecule has 1 aromatic heterocycles. The molecule has 0 spiro atoms. The van der Waals surface area contributed by atoms with Crippen molar-refractivity contribution in [3.05, 3.63) is 45.8 Å². The molecule has 1 aliphatic carbocycles. The molecule has 2 aromatic rings. The standard InChI is InChI=1S/C21H20N2O3S/c22-12-16-15-5-3-1-2-4-6-19(15)27-21(16)23-20(24)10-8-14-7-9-17-18(11-14)26-13-25-17/h7-11H,1-6,13H2,(H,23,24)/b10-8+. The van der Waals surface area contributed by atoms with Crippen molar-refractivity contribution in [1.29, 1.82) is 5.26 Å². The average Bonchev–Trinajstić information content (AvgIpc) is 3.23. The summed E-state index contributed by atoms with van der Waals surface area (Å²) < 4.78 is 10.6. The van der Waals surface area contributed by atoms with Gasteiger partial charge in [0, 0.05) is 11.0 Å². The van der Waals surface area contributed by atoms with E-state index in [1.165, 1.54) is 23.8 Å². The maximum atomic E-state index is 12.4. The smallest absolute Gasteiger partial charge is 0.249 e. The van der Waals surface area contributed by atoms with E-state index in [-0.39, 0.29) is 12.7 Å². The van der Waals surface area contributed by atoms with Crippen LogP contribution in [0.3, 0.4) is 0 Å². The van der Waals surface area contributed by atoms with Crippen LogP contribution in [-0.4, -0.2) is 12.7 Å². The quantitative estimate of drug-likeness (QED) is 0.786. The molecule has 2 heterocycles. The van der Waals surface area contributed by atoms with Crippen molar-refractivity contribution in [3.63, 3.8) is 0 Å². The highest BCUT2D eigenvalue weighted by atomic mass is 32.1. The van der Waals surface area contributed by atoms with Crippen LogP contribution in [0.2, 0.25) is 0 Å². The van der Waals surface area contributed by atoms with Gasteiger partial charge in [0.15, 0.2) is 11.5 Å². The largest absolute Gasteiger partial charge is 0.454 e. The molecular formula is C21H20N2O3S. The van der Waals surface area contributed by atoms with Gasteiger partial charge >= 0.3 is 0 Å². The zero-order chi connectivity index (χ0) is 18.6. The van der Waals surface area contributed by atoms with Gasteiger partial charge in [0.25, 0.3) is 0 Å². The van der Waals surface area contributed by atoms with Gasteiger partial charge in [0.1, 0.15) is 11.1 Å². The second-order valence-corrected chi connectivity index (χ2v) is 7.77. The van der Waals surface area contributed by atoms with Gasteiger partial charge in [0.2, 0.25) is 12.7 Å². The molecule has 27 heavy (non-hydrogen) atoms. The van der Waals surface area contributed by atoms with Gasteiger partial charge in [-0.3, -0.25) is 4.79 Å². The first-order chi connectivity index (χ1) is 13.2. The fourth-order valence-electron chi connectivity index (χ4n) is 3.47. The van der Waals surface area contributed by atoms with Crippen molar-refractivity contribution in [2.75, 3.05) is 12.1 Å². The van der Waals surface area contributed by atoms with Gasteiger partial charge < -0.3 is 14.8 Å². The number of ether oxygens (including phenoxy) is 2. The van der Waals surface area contributed by atoms with Crippen LogP contribution in [0.4, 0.5) is 5.00 Å². The van der Waals surface area contributed by atoms with Crippen LogP contribution in [-0.2, 0) is 17.6 Å². The topological polar surface area (TPSA) is 71.4 Å². The summed E-state index contributed by atoms with van der Waals surface area (Å²) in [7, 11) is 0. The predicted octanol–water partition coefficient (Wildman–Crippen LogP) is 4.66. The molecule has 1 aromatic carbocycles. The maximum absolute atomic E-state index is 12.4. The van der Waals surface area contributed by atoms with E-state index in [1.54, 1.807) is 17.4 Å². The number of nitrogens with one attached hydrogen (secondary N) is 1. The Bertz CT molecular complexity index is 940. The van der Waals surface area contributed by atoms with Crippen molar-refractivity contribution in [3.8, 4) is 17.6 Å². The molecule has 0 saturated heterocycles. The number of carbonyl (C=O) groups excluding carboxylic acids is 1. The highest BCUT2D eigenvalue weighted by molar-refractivity contribution is 7.16. The Morgan fingerprint density at radius 3 is 2.81 bits per heavy atom.